The Morgan fingerprint density at radius 3 is 2.45 bits per heavy atom. The Labute approximate surface area is 234 Å². The summed E-state index contributed by atoms with van der Waals surface area (Å²) in [6, 6.07) is 4.94. The molecule has 0 bridgehead atoms. The molecule has 0 atom stereocenters. The molecule has 0 unspecified atom stereocenters. The molecule has 3 aromatic rings. The van der Waals surface area contributed by atoms with Crippen LogP contribution in [0.1, 0.15) is 25.0 Å². The lowest BCUT2D eigenvalue weighted by Gasteiger charge is -2.29. The van der Waals surface area contributed by atoms with Crippen molar-refractivity contribution in [1.82, 2.24) is 20.1 Å². The Morgan fingerprint density at radius 2 is 1.88 bits per heavy atom. The van der Waals surface area contributed by atoms with Gasteiger partial charge < -0.3 is 15.2 Å². The number of benzene rings is 2. The summed E-state index contributed by atoms with van der Waals surface area (Å²) < 4.78 is 59.5. The summed E-state index contributed by atoms with van der Waals surface area (Å²) in [5.41, 5.74) is -3.86. The molecule has 1 aliphatic rings. The van der Waals surface area contributed by atoms with Crippen LogP contribution in [0.25, 0.3) is 5.69 Å². The molecule has 2 aromatic carbocycles. The zero-order valence-electron chi connectivity index (χ0n) is 20.4. The van der Waals surface area contributed by atoms with E-state index in [9.17, 15) is 36.7 Å². The number of aromatic nitrogens is 3. The number of nitrogens with one attached hydrogen (secondary N) is 2. The molecule has 1 aromatic heterocycles. The number of rotatable bonds is 8. The topological polar surface area (TPSA) is 163 Å². The van der Waals surface area contributed by atoms with E-state index in [1.807, 2.05) is 0 Å². The molecule has 1 saturated carbocycles. The van der Waals surface area contributed by atoms with Crippen LogP contribution in [0.5, 0.6) is 17.2 Å². The van der Waals surface area contributed by atoms with E-state index >= 15 is 0 Å². The van der Waals surface area contributed by atoms with Crippen LogP contribution in [-0.4, -0.2) is 58.0 Å². The number of aromatic hydroxyl groups is 1. The van der Waals surface area contributed by atoms with E-state index in [2.05, 4.69) is 17.1 Å². The number of carbonyl (C=O) groups is 1. The molecule has 40 heavy (non-hydrogen) atoms. The van der Waals surface area contributed by atoms with Crippen molar-refractivity contribution in [2.45, 2.75) is 30.2 Å². The number of sulfonamides is 1. The maximum atomic E-state index is 13.2. The average Bonchev–Trinajstić information content (AvgIpc) is 2.85. The van der Waals surface area contributed by atoms with Gasteiger partial charge >= 0.3 is 15.7 Å². The average molecular weight is 619 g/mol. The number of H-pyrrole nitrogens is 1. The van der Waals surface area contributed by atoms with Crippen LogP contribution in [0, 0.1) is 5.92 Å². The van der Waals surface area contributed by atoms with Crippen molar-refractivity contribution in [3.8, 4) is 22.9 Å². The van der Waals surface area contributed by atoms with Crippen molar-refractivity contribution < 1.29 is 35.8 Å². The summed E-state index contributed by atoms with van der Waals surface area (Å²) in [4.78, 5) is 36.6. The van der Waals surface area contributed by atoms with Crippen LogP contribution < -0.4 is 21.3 Å². The van der Waals surface area contributed by atoms with Gasteiger partial charge in [-0.2, -0.15) is 18.2 Å². The van der Waals surface area contributed by atoms with Gasteiger partial charge in [-0.1, -0.05) is 23.2 Å². The van der Waals surface area contributed by atoms with Crippen LogP contribution in [0.15, 0.2) is 44.8 Å². The number of nitrogens with zero attached hydrogens (tertiary/aromatic N) is 3. The van der Waals surface area contributed by atoms with Crippen LogP contribution >= 0.6 is 23.2 Å². The van der Waals surface area contributed by atoms with Crippen molar-refractivity contribution in [3.63, 3.8) is 0 Å². The normalized spacial score (nSPS) is 16.9. The van der Waals surface area contributed by atoms with Gasteiger partial charge in [0.2, 0.25) is 5.91 Å². The molecule has 4 rings (SSSR count). The molecule has 12 nitrogen and oxygen atoms in total. The van der Waals surface area contributed by atoms with Crippen molar-refractivity contribution >= 4 is 45.8 Å². The monoisotopic (exact) mass is 618 g/mol. The Bertz CT molecular complexity index is 1730. The lowest BCUT2D eigenvalue weighted by molar-refractivity contribution is -0.429. The lowest BCUT2D eigenvalue weighted by atomic mass is 9.80. The first kappa shape index (κ1) is 29.2. The minimum absolute atomic E-state index is 0.113. The zero-order chi connectivity index (χ0) is 29.5. The van der Waals surface area contributed by atoms with Crippen LogP contribution in [0.3, 0.4) is 0 Å². The summed E-state index contributed by atoms with van der Waals surface area (Å²) in [6.45, 7) is 3.60. The summed E-state index contributed by atoms with van der Waals surface area (Å²) >= 11 is 12.5. The molecule has 0 saturated heterocycles. The van der Waals surface area contributed by atoms with E-state index in [0.717, 1.165) is 28.2 Å². The number of phenols is 1. The fourth-order valence-corrected chi connectivity index (χ4v) is 5.91. The van der Waals surface area contributed by atoms with Gasteiger partial charge in [0.15, 0.2) is 22.4 Å². The number of hydrogen-bond acceptors (Lipinski definition) is 8. The molecule has 1 aliphatic carbocycles. The second-order valence-corrected chi connectivity index (χ2v) is 11.3. The minimum atomic E-state index is -4.32. The Hall–Kier alpha value is -3.82. The third kappa shape index (κ3) is 5.44. The fraction of sp³-hybridized carbons (Fsp3) is 0.261. The number of hydrogen-bond donors (Lipinski definition) is 3. The molecular formula is C23H20Cl2F2N5O7S+. The first-order valence-electron chi connectivity index (χ1n) is 11.3. The van der Waals surface area contributed by atoms with Gasteiger partial charge in [-0.15, -0.1) is 3.98 Å². The molecular weight excluding hydrogens is 599 g/mol. The highest BCUT2D eigenvalue weighted by molar-refractivity contribution is 7.85. The van der Waals surface area contributed by atoms with Crippen LogP contribution in [0.4, 0.5) is 8.78 Å². The molecule has 1 heterocycles. The number of halogens is 4. The largest absolute Gasteiger partial charge is 0.506 e. The number of phenolic OH excluding ortho intramolecular Hbond substituents is 1. The summed E-state index contributed by atoms with van der Waals surface area (Å²) in [5, 5.41) is 15.7. The van der Waals surface area contributed by atoms with Crippen LogP contribution in [0.2, 0.25) is 10.0 Å². The summed E-state index contributed by atoms with van der Waals surface area (Å²) in [6.07, 6.45) is -2.76. The number of aromatic amines is 1. The van der Waals surface area contributed by atoms with E-state index in [-0.39, 0.29) is 51.9 Å². The molecule has 0 radical (unpaired) electrons. The van der Waals surface area contributed by atoms with Gasteiger partial charge in [-0.25, -0.2) is 13.6 Å². The number of alkyl halides is 2. The van der Waals surface area contributed by atoms with E-state index in [4.69, 9.17) is 27.9 Å². The maximum Gasteiger partial charge on any atom is 0.398 e. The lowest BCUT2D eigenvalue weighted by Crippen LogP contribution is -2.46. The Balaban J connectivity index is 1.63. The highest BCUT2D eigenvalue weighted by Gasteiger charge is 2.46. The van der Waals surface area contributed by atoms with Crippen LogP contribution in [-0.2, 0) is 14.8 Å². The SMILES string of the molecule is C=[N+](C1CC(C(=O)NC)C1)S(=O)(=O)c1cc(Oc2c(Cl)cc(-n3nc(C(F)F)c(=O)[nH]c3=O)cc2Cl)ccc1O. The standard InChI is InChI=1S/C23H19Cl2F2N5O7S/c1-28-21(34)10-5-11(6-10)31(2)40(37,38)17-9-13(3-4-16(17)33)39-19-14(24)7-12(8-15(19)25)32-23(36)29-22(35)18(30-32)20(26)27/h3-4,7-11,20H,2,5-6H2,1H3,(H2-,28,29,33,34,35,36)/p+1. The number of ether oxygens (including phenoxy) is 1. The van der Waals surface area contributed by atoms with Gasteiger partial charge in [0.25, 0.3) is 12.0 Å². The van der Waals surface area contributed by atoms with Gasteiger partial charge in [0.1, 0.15) is 18.2 Å². The van der Waals surface area contributed by atoms with Gasteiger partial charge in [-0.05, 0) is 24.3 Å². The minimum Gasteiger partial charge on any atom is -0.506 e. The predicted octanol–water partition coefficient (Wildman–Crippen LogP) is 2.59. The van der Waals surface area contributed by atoms with Gasteiger partial charge in [-0.3, -0.25) is 14.6 Å². The zero-order valence-corrected chi connectivity index (χ0v) is 22.7. The quantitative estimate of drug-likeness (QED) is 0.256. The van der Waals surface area contributed by atoms with E-state index in [1.165, 1.54) is 13.1 Å². The first-order valence-corrected chi connectivity index (χ1v) is 13.5. The smallest absolute Gasteiger partial charge is 0.398 e. The molecule has 3 N–H and O–H groups in total. The summed E-state index contributed by atoms with van der Waals surface area (Å²) in [5.74, 6) is -1.47. The third-order valence-electron chi connectivity index (χ3n) is 6.16. The summed E-state index contributed by atoms with van der Waals surface area (Å²) in [7, 11) is -2.85. The Kier molecular flexibility index (Phi) is 8.01. The molecule has 0 spiro atoms. The highest BCUT2D eigenvalue weighted by atomic mass is 35.5. The van der Waals surface area contributed by atoms with E-state index in [1.54, 1.807) is 4.98 Å². The first-order chi connectivity index (χ1) is 18.7. The number of carbonyl (C=O) groups excluding carboxylic acids is 1. The van der Waals surface area contributed by atoms with Gasteiger partial charge in [0, 0.05) is 26.0 Å². The molecule has 17 heteroatoms. The van der Waals surface area contributed by atoms with Crippen molar-refractivity contribution in [2.75, 3.05) is 7.05 Å². The molecule has 0 aliphatic heterocycles. The van der Waals surface area contributed by atoms with E-state index in [0.29, 0.717) is 4.68 Å². The van der Waals surface area contributed by atoms with Crippen molar-refractivity contribution in [3.05, 3.63) is 66.9 Å². The third-order valence-corrected chi connectivity index (χ3v) is 8.52. The number of amides is 1. The fourth-order valence-electron chi connectivity index (χ4n) is 3.94. The second kappa shape index (κ2) is 11.0. The predicted molar refractivity (Wildman–Crippen MR) is 139 cm³/mol. The molecule has 1 amide bonds. The van der Waals surface area contributed by atoms with Crippen molar-refractivity contribution in [2.24, 2.45) is 5.92 Å². The second-order valence-electron chi connectivity index (χ2n) is 8.66. The molecule has 1 fully saturated rings. The van der Waals surface area contributed by atoms with E-state index < -0.39 is 50.1 Å². The maximum absolute atomic E-state index is 13.2. The Morgan fingerprint density at radius 1 is 1.25 bits per heavy atom. The highest BCUT2D eigenvalue weighted by Crippen LogP contribution is 2.40. The van der Waals surface area contributed by atoms with Gasteiger partial charge in [0.05, 0.1) is 21.7 Å². The van der Waals surface area contributed by atoms with Crippen molar-refractivity contribution in [1.29, 1.82) is 0 Å². The molecule has 212 valence electrons.